The second-order valence-electron chi connectivity index (χ2n) is 6.40. The van der Waals surface area contributed by atoms with E-state index in [0.717, 1.165) is 20.8 Å². The van der Waals surface area contributed by atoms with Crippen LogP contribution in [0.3, 0.4) is 0 Å². The summed E-state index contributed by atoms with van der Waals surface area (Å²) < 4.78 is 205. The van der Waals surface area contributed by atoms with Gasteiger partial charge in [0.15, 0.2) is 0 Å². The van der Waals surface area contributed by atoms with Gasteiger partial charge in [0.05, 0.1) is 12.3 Å². The fourth-order valence-corrected chi connectivity index (χ4v) is 2.37. The average Bonchev–Trinajstić information content (AvgIpc) is 2.66. The molecule has 0 bridgehead atoms. The Morgan fingerprint density at radius 2 is 1.00 bits per heavy atom. The number of carbonyl (C=O) groups excluding carboxylic acids is 1. The van der Waals surface area contributed by atoms with Gasteiger partial charge in [0, 0.05) is 19.2 Å². The zero-order chi connectivity index (χ0) is 27.8. The first-order valence-corrected chi connectivity index (χ1v) is 8.84. The van der Waals surface area contributed by atoms with E-state index in [2.05, 4.69) is 4.74 Å². The third-order valence-corrected chi connectivity index (χ3v) is 4.29. The molecule has 0 rings (SSSR count). The highest BCUT2D eigenvalue weighted by Gasteiger charge is 2.93. The number of carbonyl (C=O) groups is 1. The lowest BCUT2D eigenvalue weighted by Gasteiger charge is -2.43. The van der Waals surface area contributed by atoms with E-state index in [-0.39, 0.29) is 4.90 Å². The molecule has 0 fully saturated rings. The van der Waals surface area contributed by atoms with E-state index in [1.54, 1.807) is 0 Å². The van der Waals surface area contributed by atoms with Crippen LogP contribution in [0.2, 0.25) is 0 Å². The van der Waals surface area contributed by atoms with Crippen molar-refractivity contribution in [3.05, 3.63) is 11.8 Å². The van der Waals surface area contributed by atoms with Gasteiger partial charge in [-0.05, 0) is 20.8 Å². The molecule has 0 aromatic heterocycles. The summed E-state index contributed by atoms with van der Waals surface area (Å²) in [6.45, 7) is 0.654. The summed E-state index contributed by atoms with van der Waals surface area (Å²) in [4.78, 5) is 11.4. The van der Waals surface area contributed by atoms with E-state index in [1.165, 1.54) is 0 Å². The van der Waals surface area contributed by atoms with Gasteiger partial charge in [-0.25, -0.2) is 4.79 Å². The number of halogens is 15. The Morgan fingerprint density at radius 1 is 0.647 bits per heavy atom. The lowest BCUT2D eigenvalue weighted by Crippen LogP contribution is -2.73. The smallest absolute Gasteiger partial charge is 0.460 e. The van der Waals surface area contributed by atoms with E-state index in [4.69, 9.17) is 0 Å². The molecule has 0 aliphatic carbocycles. The van der Waals surface area contributed by atoms with Gasteiger partial charge in [-0.15, -0.1) is 0 Å². The van der Waals surface area contributed by atoms with Crippen molar-refractivity contribution in [2.24, 2.45) is 0 Å². The van der Waals surface area contributed by atoms with Crippen molar-refractivity contribution in [2.75, 3.05) is 19.7 Å². The Balaban J connectivity index is 7.03. The lowest BCUT2D eigenvalue weighted by molar-refractivity contribution is -0.450. The Morgan fingerprint density at radius 3 is 1.32 bits per heavy atom. The summed E-state index contributed by atoms with van der Waals surface area (Å²) in [6.07, 6.45) is -8.24. The Bertz CT molecular complexity index is 754. The maximum Gasteiger partial charge on any atom is 0.460 e. The van der Waals surface area contributed by atoms with Gasteiger partial charge >= 0.3 is 47.7 Å². The normalized spacial score (nSPS) is 15.4. The molecule has 0 saturated heterocycles. The zero-order valence-corrected chi connectivity index (χ0v) is 17.1. The van der Waals surface area contributed by atoms with Gasteiger partial charge in [0.2, 0.25) is 0 Å². The molecular weight excluding hydrogens is 523 g/mol. The molecule has 0 spiro atoms. The van der Waals surface area contributed by atoms with Crippen molar-refractivity contribution in [3.63, 3.8) is 0 Å². The molecular formula is C16H16F15NO2. The van der Waals surface area contributed by atoms with Gasteiger partial charge in [0.25, 0.3) is 0 Å². The van der Waals surface area contributed by atoms with Gasteiger partial charge in [-0.1, -0.05) is 0 Å². The Hall–Kier alpha value is -2.04. The third-order valence-electron chi connectivity index (χ3n) is 4.29. The minimum atomic E-state index is -8.40. The Kier molecular flexibility index (Phi) is 8.97. The van der Waals surface area contributed by atoms with Gasteiger partial charge in [-0.3, -0.25) is 0 Å². The van der Waals surface area contributed by atoms with Crippen LogP contribution in [0.25, 0.3) is 0 Å². The number of ether oxygens (including phenoxy) is 1. The molecule has 0 heterocycles. The first-order valence-electron chi connectivity index (χ1n) is 8.84. The first kappa shape index (κ1) is 32.0. The quantitative estimate of drug-likeness (QED) is 0.179. The highest BCUT2D eigenvalue weighted by molar-refractivity contribution is 5.83. The monoisotopic (exact) mass is 539 g/mol. The van der Waals surface area contributed by atoms with Crippen LogP contribution in [0.1, 0.15) is 20.8 Å². The number of alkyl halides is 15. The first-order chi connectivity index (χ1) is 14.9. The predicted octanol–water partition coefficient (Wildman–Crippen LogP) is 6.15. The number of allylic oxidation sites excluding steroid dienone is 1. The van der Waals surface area contributed by atoms with Crippen molar-refractivity contribution in [1.82, 2.24) is 4.90 Å². The SMILES string of the molecule is CCOC(=O)/C=C(\N(CC)CC)C(F)(F)C(F)(F)C(F)(F)C(F)(F)C(F)(F)C(F)(F)C(F)(F)F. The highest BCUT2D eigenvalue weighted by atomic mass is 19.4. The molecule has 34 heavy (non-hydrogen) atoms. The second kappa shape index (κ2) is 9.54. The van der Waals surface area contributed by atoms with Crippen molar-refractivity contribution < 1.29 is 75.4 Å². The van der Waals surface area contributed by atoms with Gasteiger partial charge in [-0.2, -0.15) is 65.9 Å². The minimum Gasteiger partial charge on any atom is -0.463 e. The zero-order valence-electron chi connectivity index (χ0n) is 17.1. The summed E-state index contributed by atoms with van der Waals surface area (Å²) in [5.74, 6) is -49.4. The molecule has 0 atom stereocenters. The van der Waals surface area contributed by atoms with Crippen LogP contribution < -0.4 is 0 Å². The predicted molar refractivity (Wildman–Crippen MR) is 83.4 cm³/mol. The molecule has 0 N–H and O–H groups in total. The van der Waals surface area contributed by atoms with E-state index in [9.17, 15) is 70.7 Å². The molecule has 0 aromatic carbocycles. The molecule has 0 radical (unpaired) electrons. The fraction of sp³-hybridized carbons (Fsp3) is 0.812. The molecule has 0 aromatic rings. The van der Waals surface area contributed by atoms with Crippen molar-refractivity contribution in [3.8, 4) is 0 Å². The molecule has 0 unspecified atom stereocenters. The fourth-order valence-electron chi connectivity index (χ4n) is 2.37. The van der Waals surface area contributed by atoms with Crippen molar-refractivity contribution >= 4 is 5.97 Å². The average molecular weight is 539 g/mol. The van der Waals surface area contributed by atoms with Gasteiger partial charge in [0.1, 0.15) is 0 Å². The van der Waals surface area contributed by atoms with E-state index >= 15 is 0 Å². The van der Waals surface area contributed by atoms with Crippen LogP contribution in [0.15, 0.2) is 11.8 Å². The molecule has 3 nitrogen and oxygen atoms in total. The number of esters is 1. The molecule has 0 aliphatic heterocycles. The van der Waals surface area contributed by atoms with Crippen molar-refractivity contribution in [2.45, 2.75) is 62.5 Å². The summed E-state index contributed by atoms with van der Waals surface area (Å²) in [5, 5.41) is 0. The van der Waals surface area contributed by atoms with E-state index < -0.39 is 79.2 Å². The topological polar surface area (TPSA) is 29.5 Å². The molecule has 0 amide bonds. The van der Waals surface area contributed by atoms with E-state index in [0.29, 0.717) is 0 Å². The van der Waals surface area contributed by atoms with Crippen LogP contribution in [-0.4, -0.2) is 72.3 Å². The van der Waals surface area contributed by atoms with Crippen LogP contribution in [-0.2, 0) is 9.53 Å². The molecule has 0 saturated carbocycles. The van der Waals surface area contributed by atoms with Crippen LogP contribution >= 0.6 is 0 Å². The maximum absolute atomic E-state index is 14.5. The molecule has 202 valence electrons. The van der Waals surface area contributed by atoms with E-state index in [1.807, 2.05) is 0 Å². The number of nitrogens with zero attached hydrogens (tertiary/aromatic N) is 1. The summed E-state index contributed by atoms with van der Waals surface area (Å²) in [5.41, 5.74) is -2.48. The second-order valence-corrected chi connectivity index (χ2v) is 6.40. The van der Waals surface area contributed by atoms with Crippen molar-refractivity contribution in [1.29, 1.82) is 0 Å². The maximum atomic E-state index is 14.5. The lowest BCUT2D eigenvalue weighted by atomic mass is 9.89. The summed E-state index contributed by atoms with van der Waals surface area (Å²) in [7, 11) is 0. The molecule has 18 heteroatoms. The van der Waals surface area contributed by atoms with Gasteiger partial charge < -0.3 is 9.64 Å². The number of hydrogen-bond donors (Lipinski definition) is 0. The summed E-state index contributed by atoms with van der Waals surface area (Å²) >= 11 is 0. The standard InChI is InChI=1S/C16H16F15NO2/c1-4-32(5-2)8(7-9(33)34-6-3)10(17,18)11(19,20)12(21,22)13(23,24)14(25,26)15(27,28)16(29,30)31/h7H,4-6H2,1-3H3/b8-7-. The van der Waals surface area contributed by atoms with Crippen LogP contribution in [0, 0.1) is 0 Å². The minimum absolute atomic E-state index is 0.00150. The largest absolute Gasteiger partial charge is 0.463 e. The number of hydrogen-bond acceptors (Lipinski definition) is 3. The van der Waals surface area contributed by atoms with Crippen LogP contribution in [0.4, 0.5) is 65.9 Å². The molecule has 0 aliphatic rings. The number of rotatable bonds is 11. The Labute approximate surface area is 181 Å². The highest BCUT2D eigenvalue weighted by Crippen LogP contribution is 2.63. The summed E-state index contributed by atoms with van der Waals surface area (Å²) in [6, 6.07) is 0. The third kappa shape index (κ3) is 4.72. The van der Waals surface area contributed by atoms with Crippen LogP contribution in [0.5, 0.6) is 0 Å².